The van der Waals surface area contributed by atoms with Gasteiger partial charge in [0.25, 0.3) is 0 Å². The SMILES string of the molecule is C[C@H]1CCCCN1C(=O)CSc1nnc(Cc2cccs2)n1C1CC1. The molecule has 25 heavy (non-hydrogen) atoms. The topological polar surface area (TPSA) is 51.0 Å². The fraction of sp³-hybridized carbons (Fsp3) is 0.611. The normalized spacial score (nSPS) is 20.8. The molecule has 1 saturated heterocycles. The van der Waals surface area contributed by atoms with Crippen LogP contribution in [-0.2, 0) is 11.2 Å². The zero-order valence-electron chi connectivity index (χ0n) is 14.6. The van der Waals surface area contributed by atoms with Crippen LogP contribution in [-0.4, -0.2) is 43.9 Å². The quantitative estimate of drug-likeness (QED) is 0.721. The molecule has 134 valence electrons. The highest BCUT2D eigenvalue weighted by molar-refractivity contribution is 7.99. The van der Waals surface area contributed by atoms with Gasteiger partial charge < -0.3 is 9.47 Å². The second-order valence-electron chi connectivity index (χ2n) is 6.98. The third kappa shape index (κ3) is 3.92. The Labute approximate surface area is 156 Å². The molecule has 2 aromatic heterocycles. The van der Waals surface area contributed by atoms with Gasteiger partial charge in [0.15, 0.2) is 5.16 Å². The highest BCUT2D eigenvalue weighted by Crippen LogP contribution is 2.39. The number of hydrogen-bond acceptors (Lipinski definition) is 5. The second-order valence-corrected chi connectivity index (χ2v) is 8.95. The summed E-state index contributed by atoms with van der Waals surface area (Å²) in [6.45, 7) is 3.06. The van der Waals surface area contributed by atoms with Crippen molar-refractivity contribution >= 4 is 29.0 Å². The molecule has 2 aromatic rings. The van der Waals surface area contributed by atoms with E-state index in [1.807, 2.05) is 4.90 Å². The second kappa shape index (κ2) is 7.50. The van der Waals surface area contributed by atoms with Crippen molar-refractivity contribution in [1.82, 2.24) is 19.7 Å². The summed E-state index contributed by atoms with van der Waals surface area (Å²) in [4.78, 5) is 15.9. The van der Waals surface area contributed by atoms with Gasteiger partial charge in [-0.1, -0.05) is 17.8 Å². The van der Waals surface area contributed by atoms with E-state index in [0.717, 1.165) is 36.8 Å². The standard InChI is InChI=1S/C18H24N4OS2/c1-13-5-2-3-9-21(13)17(23)12-25-18-20-19-16(22(18)14-7-8-14)11-15-6-4-10-24-15/h4,6,10,13-14H,2-3,5,7-9,11-12H2,1H3/t13-/m0/s1. The van der Waals surface area contributed by atoms with Crippen molar-refractivity contribution in [3.05, 3.63) is 28.2 Å². The monoisotopic (exact) mass is 376 g/mol. The van der Waals surface area contributed by atoms with Crippen molar-refractivity contribution < 1.29 is 4.79 Å². The summed E-state index contributed by atoms with van der Waals surface area (Å²) in [6, 6.07) is 5.12. The lowest BCUT2D eigenvalue weighted by molar-refractivity contribution is -0.131. The lowest BCUT2D eigenvalue weighted by Crippen LogP contribution is -2.43. The molecule has 3 heterocycles. The van der Waals surface area contributed by atoms with Gasteiger partial charge in [0.05, 0.1) is 5.75 Å². The van der Waals surface area contributed by atoms with E-state index in [9.17, 15) is 4.79 Å². The first kappa shape index (κ1) is 17.1. The highest BCUT2D eigenvalue weighted by atomic mass is 32.2. The average Bonchev–Trinajstić information content (AvgIpc) is 3.16. The number of carbonyl (C=O) groups excluding carboxylic acids is 1. The Balaban J connectivity index is 1.43. The molecule has 1 atom stereocenters. The van der Waals surface area contributed by atoms with Crippen molar-refractivity contribution in [3.63, 3.8) is 0 Å². The van der Waals surface area contributed by atoms with Gasteiger partial charge >= 0.3 is 0 Å². The van der Waals surface area contributed by atoms with Crippen LogP contribution < -0.4 is 0 Å². The summed E-state index contributed by atoms with van der Waals surface area (Å²) in [5.74, 6) is 1.74. The van der Waals surface area contributed by atoms with Crippen molar-refractivity contribution in [2.24, 2.45) is 0 Å². The van der Waals surface area contributed by atoms with Crippen LogP contribution in [0, 0.1) is 0 Å². The van der Waals surface area contributed by atoms with Gasteiger partial charge in [-0.25, -0.2) is 0 Å². The molecule has 0 spiro atoms. The minimum Gasteiger partial charge on any atom is -0.339 e. The molecular weight excluding hydrogens is 352 g/mol. The molecule has 0 radical (unpaired) electrons. The zero-order valence-corrected chi connectivity index (χ0v) is 16.2. The van der Waals surface area contributed by atoms with Crippen LogP contribution in [0.15, 0.2) is 22.7 Å². The summed E-state index contributed by atoms with van der Waals surface area (Å²) in [5, 5.41) is 11.8. The molecule has 7 heteroatoms. The maximum absolute atomic E-state index is 12.6. The molecular formula is C18H24N4OS2. The maximum atomic E-state index is 12.6. The van der Waals surface area contributed by atoms with Gasteiger partial charge in [-0.2, -0.15) is 0 Å². The van der Waals surface area contributed by atoms with Gasteiger partial charge in [-0.15, -0.1) is 21.5 Å². The molecule has 0 N–H and O–H groups in total. The molecule has 1 amide bonds. The number of piperidine rings is 1. The fourth-order valence-electron chi connectivity index (χ4n) is 3.47. The van der Waals surface area contributed by atoms with Crippen molar-refractivity contribution in [1.29, 1.82) is 0 Å². The Morgan fingerprint density at radius 3 is 2.92 bits per heavy atom. The number of thiophene rings is 1. The van der Waals surface area contributed by atoms with Crippen LogP contribution in [0.3, 0.4) is 0 Å². The molecule has 1 aliphatic carbocycles. The third-order valence-electron chi connectivity index (χ3n) is 5.01. The number of aromatic nitrogens is 3. The first-order valence-electron chi connectivity index (χ1n) is 9.11. The number of nitrogens with zero attached hydrogens (tertiary/aromatic N) is 4. The minimum absolute atomic E-state index is 0.238. The Bertz CT molecular complexity index is 724. The predicted molar refractivity (Wildman–Crippen MR) is 101 cm³/mol. The van der Waals surface area contributed by atoms with Gasteiger partial charge in [-0.3, -0.25) is 4.79 Å². The Morgan fingerprint density at radius 2 is 2.20 bits per heavy atom. The van der Waals surface area contributed by atoms with Crippen molar-refractivity contribution in [3.8, 4) is 0 Å². The van der Waals surface area contributed by atoms with E-state index in [1.165, 1.54) is 24.1 Å². The summed E-state index contributed by atoms with van der Waals surface area (Å²) in [6.07, 6.45) is 6.71. The van der Waals surface area contributed by atoms with Gasteiger partial charge in [-0.05, 0) is 50.5 Å². The Kier molecular flexibility index (Phi) is 5.12. The number of amides is 1. The van der Waals surface area contributed by atoms with E-state index >= 15 is 0 Å². The Hall–Kier alpha value is -1.34. The van der Waals surface area contributed by atoms with Crippen LogP contribution >= 0.6 is 23.1 Å². The summed E-state index contributed by atoms with van der Waals surface area (Å²) in [5.41, 5.74) is 0. The predicted octanol–water partition coefficient (Wildman–Crippen LogP) is 3.76. The van der Waals surface area contributed by atoms with E-state index in [-0.39, 0.29) is 5.91 Å². The van der Waals surface area contributed by atoms with Crippen LogP contribution in [0.5, 0.6) is 0 Å². The average molecular weight is 377 g/mol. The summed E-state index contributed by atoms with van der Waals surface area (Å²) in [7, 11) is 0. The van der Waals surface area contributed by atoms with Crippen molar-refractivity contribution in [2.45, 2.75) is 62.7 Å². The molecule has 0 unspecified atom stereocenters. The number of rotatable bonds is 6. The van der Waals surface area contributed by atoms with Crippen LogP contribution in [0.25, 0.3) is 0 Å². The maximum Gasteiger partial charge on any atom is 0.233 e. The fourth-order valence-corrected chi connectivity index (χ4v) is 5.08. The molecule has 2 fully saturated rings. The lowest BCUT2D eigenvalue weighted by atomic mass is 10.0. The number of thioether (sulfide) groups is 1. The first-order valence-corrected chi connectivity index (χ1v) is 11.0. The van der Waals surface area contributed by atoms with Gasteiger partial charge in [0.2, 0.25) is 5.91 Å². The summed E-state index contributed by atoms with van der Waals surface area (Å²) >= 11 is 3.31. The molecule has 5 nitrogen and oxygen atoms in total. The largest absolute Gasteiger partial charge is 0.339 e. The smallest absolute Gasteiger partial charge is 0.233 e. The number of hydrogen-bond donors (Lipinski definition) is 0. The van der Waals surface area contributed by atoms with E-state index < -0.39 is 0 Å². The lowest BCUT2D eigenvalue weighted by Gasteiger charge is -2.33. The molecule has 2 aliphatic rings. The van der Waals surface area contributed by atoms with Crippen LogP contribution in [0.4, 0.5) is 0 Å². The summed E-state index contributed by atoms with van der Waals surface area (Å²) < 4.78 is 2.28. The molecule has 0 aromatic carbocycles. The van der Waals surface area contributed by atoms with E-state index in [0.29, 0.717) is 17.8 Å². The van der Waals surface area contributed by atoms with Crippen molar-refractivity contribution in [2.75, 3.05) is 12.3 Å². The third-order valence-corrected chi connectivity index (χ3v) is 6.81. The zero-order chi connectivity index (χ0) is 17.2. The van der Waals surface area contributed by atoms with Gasteiger partial charge in [0, 0.05) is 29.9 Å². The van der Waals surface area contributed by atoms with E-state index in [2.05, 4.69) is 39.2 Å². The number of likely N-dealkylation sites (tertiary alicyclic amines) is 1. The highest BCUT2D eigenvalue weighted by Gasteiger charge is 2.30. The van der Waals surface area contributed by atoms with Gasteiger partial charge in [0.1, 0.15) is 5.82 Å². The molecule has 4 rings (SSSR count). The van der Waals surface area contributed by atoms with E-state index in [4.69, 9.17) is 0 Å². The number of carbonyl (C=O) groups is 1. The van der Waals surface area contributed by atoms with Crippen LogP contribution in [0.1, 0.15) is 55.8 Å². The molecule has 1 aliphatic heterocycles. The Morgan fingerprint density at radius 1 is 1.32 bits per heavy atom. The van der Waals surface area contributed by atoms with E-state index in [1.54, 1.807) is 23.1 Å². The first-order chi connectivity index (χ1) is 12.2. The minimum atomic E-state index is 0.238. The molecule has 0 bridgehead atoms. The molecule has 1 saturated carbocycles. The van der Waals surface area contributed by atoms with Crippen LogP contribution in [0.2, 0.25) is 0 Å².